The molecule has 1 amide bonds. The first-order valence-electron chi connectivity index (χ1n) is 6.47. The van der Waals surface area contributed by atoms with E-state index in [1.807, 2.05) is 4.90 Å². The number of likely N-dealkylation sites (tertiary alicyclic amines) is 1. The van der Waals surface area contributed by atoms with E-state index in [9.17, 15) is 4.79 Å². The second kappa shape index (κ2) is 7.63. The number of hydrogen-bond acceptors (Lipinski definition) is 3. The van der Waals surface area contributed by atoms with Crippen molar-refractivity contribution in [2.24, 2.45) is 11.5 Å². The van der Waals surface area contributed by atoms with Gasteiger partial charge in [-0.3, -0.25) is 4.79 Å². The number of rotatable bonds is 8. The van der Waals surface area contributed by atoms with Gasteiger partial charge in [0.25, 0.3) is 0 Å². The average molecular weight is 227 g/mol. The zero-order valence-electron chi connectivity index (χ0n) is 10.2. The summed E-state index contributed by atoms with van der Waals surface area (Å²) in [5.41, 5.74) is 11.2. The van der Waals surface area contributed by atoms with Crippen molar-refractivity contribution < 1.29 is 4.79 Å². The molecule has 0 radical (unpaired) electrons. The highest BCUT2D eigenvalue weighted by atomic mass is 16.2. The van der Waals surface area contributed by atoms with Gasteiger partial charge in [0, 0.05) is 25.6 Å². The first-order valence-corrected chi connectivity index (χ1v) is 6.47. The third-order valence-corrected chi connectivity index (χ3v) is 3.13. The van der Waals surface area contributed by atoms with E-state index in [0.717, 1.165) is 32.5 Å². The van der Waals surface area contributed by atoms with E-state index in [2.05, 4.69) is 0 Å². The van der Waals surface area contributed by atoms with Gasteiger partial charge in [-0.05, 0) is 19.4 Å². The van der Waals surface area contributed by atoms with Crippen molar-refractivity contribution in [3.63, 3.8) is 0 Å². The van der Waals surface area contributed by atoms with Gasteiger partial charge >= 0.3 is 0 Å². The number of amides is 1. The molecule has 1 atom stereocenters. The molecule has 0 aromatic carbocycles. The summed E-state index contributed by atoms with van der Waals surface area (Å²) in [7, 11) is 0. The highest BCUT2D eigenvalue weighted by Crippen LogP contribution is 2.11. The largest absolute Gasteiger partial charge is 0.341 e. The SMILES string of the molecule is NCCCCCCCCN1CC(N)CC1=O. The Hall–Kier alpha value is -0.610. The molecule has 1 aliphatic heterocycles. The molecule has 94 valence electrons. The minimum absolute atomic E-state index is 0.0667. The molecule has 1 unspecified atom stereocenters. The van der Waals surface area contributed by atoms with Crippen molar-refractivity contribution in [1.29, 1.82) is 0 Å². The van der Waals surface area contributed by atoms with Crippen LogP contribution >= 0.6 is 0 Å². The van der Waals surface area contributed by atoms with Gasteiger partial charge < -0.3 is 16.4 Å². The van der Waals surface area contributed by atoms with Crippen LogP contribution in [0.15, 0.2) is 0 Å². The Morgan fingerprint density at radius 2 is 1.75 bits per heavy atom. The zero-order valence-corrected chi connectivity index (χ0v) is 10.2. The minimum Gasteiger partial charge on any atom is -0.341 e. The number of nitrogens with two attached hydrogens (primary N) is 2. The van der Waals surface area contributed by atoms with Crippen LogP contribution in [0, 0.1) is 0 Å². The van der Waals surface area contributed by atoms with E-state index in [-0.39, 0.29) is 11.9 Å². The molecule has 0 aromatic heterocycles. The highest BCUT2D eigenvalue weighted by Gasteiger charge is 2.25. The van der Waals surface area contributed by atoms with Crippen LogP contribution in [-0.2, 0) is 4.79 Å². The molecule has 1 aliphatic rings. The third-order valence-electron chi connectivity index (χ3n) is 3.13. The Kier molecular flexibility index (Phi) is 6.42. The Morgan fingerprint density at radius 1 is 1.12 bits per heavy atom. The molecular weight excluding hydrogens is 202 g/mol. The standard InChI is InChI=1S/C12H25N3O/c13-7-5-3-1-2-4-6-8-15-10-11(14)9-12(15)16/h11H,1-10,13-14H2. The van der Waals surface area contributed by atoms with Crippen molar-refractivity contribution in [1.82, 2.24) is 4.90 Å². The summed E-state index contributed by atoms with van der Waals surface area (Å²) in [6.07, 6.45) is 7.77. The monoisotopic (exact) mass is 227 g/mol. The van der Waals surface area contributed by atoms with Gasteiger partial charge in [0.1, 0.15) is 0 Å². The maximum absolute atomic E-state index is 11.4. The minimum atomic E-state index is 0.0667. The zero-order chi connectivity index (χ0) is 11.8. The summed E-state index contributed by atoms with van der Waals surface area (Å²) < 4.78 is 0. The van der Waals surface area contributed by atoms with Crippen LogP contribution < -0.4 is 11.5 Å². The Balaban J connectivity index is 1.93. The molecule has 0 aromatic rings. The molecule has 4 heteroatoms. The molecule has 1 heterocycles. The quantitative estimate of drug-likeness (QED) is 0.604. The lowest BCUT2D eigenvalue weighted by Gasteiger charge is -2.15. The lowest BCUT2D eigenvalue weighted by atomic mass is 10.1. The maximum atomic E-state index is 11.4. The molecule has 0 saturated carbocycles. The van der Waals surface area contributed by atoms with Gasteiger partial charge in [0.15, 0.2) is 0 Å². The summed E-state index contributed by atoms with van der Waals surface area (Å²) in [6.45, 7) is 2.45. The van der Waals surface area contributed by atoms with E-state index < -0.39 is 0 Å². The fraction of sp³-hybridized carbons (Fsp3) is 0.917. The lowest BCUT2D eigenvalue weighted by Crippen LogP contribution is -2.29. The van der Waals surface area contributed by atoms with Gasteiger partial charge in [0.05, 0.1) is 0 Å². The van der Waals surface area contributed by atoms with Crippen LogP contribution in [0.2, 0.25) is 0 Å². The Morgan fingerprint density at radius 3 is 2.31 bits per heavy atom. The molecule has 0 bridgehead atoms. The van der Waals surface area contributed by atoms with Gasteiger partial charge in [-0.25, -0.2) is 0 Å². The summed E-state index contributed by atoms with van der Waals surface area (Å²) in [4.78, 5) is 13.3. The predicted molar refractivity (Wildman–Crippen MR) is 65.9 cm³/mol. The molecule has 1 saturated heterocycles. The van der Waals surface area contributed by atoms with Gasteiger partial charge in [-0.2, -0.15) is 0 Å². The van der Waals surface area contributed by atoms with E-state index in [1.54, 1.807) is 0 Å². The number of unbranched alkanes of at least 4 members (excludes halogenated alkanes) is 5. The molecule has 4 N–H and O–H groups in total. The topological polar surface area (TPSA) is 72.3 Å². The normalized spacial score (nSPS) is 20.8. The van der Waals surface area contributed by atoms with Crippen molar-refractivity contribution in [2.75, 3.05) is 19.6 Å². The molecule has 4 nitrogen and oxygen atoms in total. The maximum Gasteiger partial charge on any atom is 0.224 e. The van der Waals surface area contributed by atoms with E-state index in [4.69, 9.17) is 11.5 Å². The molecule has 0 aliphatic carbocycles. The molecule has 1 fully saturated rings. The van der Waals surface area contributed by atoms with Crippen LogP contribution in [0.25, 0.3) is 0 Å². The lowest BCUT2D eigenvalue weighted by molar-refractivity contribution is -0.127. The molecular formula is C12H25N3O. The number of hydrogen-bond donors (Lipinski definition) is 2. The molecule has 16 heavy (non-hydrogen) atoms. The smallest absolute Gasteiger partial charge is 0.224 e. The molecule has 1 rings (SSSR count). The van der Waals surface area contributed by atoms with Crippen molar-refractivity contribution in [3.05, 3.63) is 0 Å². The van der Waals surface area contributed by atoms with Gasteiger partial charge in [-0.15, -0.1) is 0 Å². The number of nitrogens with zero attached hydrogens (tertiary/aromatic N) is 1. The van der Waals surface area contributed by atoms with Gasteiger partial charge in [0.2, 0.25) is 5.91 Å². The molecule has 0 spiro atoms. The van der Waals surface area contributed by atoms with E-state index >= 15 is 0 Å². The second-order valence-electron chi connectivity index (χ2n) is 4.71. The fourth-order valence-electron chi connectivity index (χ4n) is 2.17. The highest BCUT2D eigenvalue weighted by molar-refractivity contribution is 5.79. The summed E-state index contributed by atoms with van der Waals surface area (Å²) in [5.74, 6) is 0.232. The second-order valence-corrected chi connectivity index (χ2v) is 4.71. The summed E-state index contributed by atoms with van der Waals surface area (Å²) in [5, 5.41) is 0. The van der Waals surface area contributed by atoms with Crippen LogP contribution in [0.1, 0.15) is 44.9 Å². The van der Waals surface area contributed by atoms with Crippen LogP contribution in [0.4, 0.5) is 0 Å². The van der Waals surface area contributed by atoms with E-state index in [1.165, 1.54) is 25.7 Å². The number of carbonyl (C=O) groups excluding carboxylic acids is 1. The first-order chi connectivity index (χ1) is 7.74. The van der Waals surface area contributed by atoms with Crippen molar-refractivity contribution >= 4 is 5.91 Å². The van der Waals surface area contributed by atoms with Crippen LogP contribution in [0.5, 0.6) is 0 Å². The van der Waals surface area contributed by atoms with Crippen LogP contribution in [-0.4, -0.2) is 36.5 Å². The Bertz CT molecular complexity index is 208. The summed E-state index contributed by atoms with van der Waals surface area (Å²) >= 11 is 0. The third kappa shape index (κ3) is 4.94. The fourth-order valence-corrected chi connectivity index (χ4v) is 2.17. The van der Waals surface area contributed by atoms with Crippen LogP contribution in [0.3, 0.4) is 0 Å². The number of carbonyl (C=O) groups is 1. The predicted octanol–water partition coefficient (Wildman–Crippen LogP) is 0.845. The average Bonchev–Trinajstić information content (AvgIpc) is 2.56. The van der Waals surface area contributed by atoms with Crippen molar-refractivity contribution in [2.45, 2.75) is 51.0 Å². The first kappa shape index (κ1) is 13.5. The Labute approximate surface area is 98.3 Å². The van der Waals surface area contributed by atoms with Gasteiger partial charge in [-0.1, -0.05) is 25.7 Å². The summed E-state index contributed by atoms with van der Waals surface area (Å²) in [6, 6.07) is 0.0667. The van der Waals surface area contributed by atoms with Crippen molar-refractivity contribution in [3.8, 4) is 0 Å². The van der Waals surface area contributed by atoms with E-state index in [0.29, 0.717) is 6.42 Å².